The molecule has 10 nitrogen and oxygen atoms in total. The maximum Gasteiger partial charge on any atom is 0.412 e. The minimum Gasteiger partial charge on any atom is -0.486 e. The van der Waals surface area contributed by atoms with Crippen molar-refractivity contribution in [1.82, 2.24) is 14.7 Å². The first-order valence-corrected chi connectivity index (χ1v) is 13.5. The van der Waals surface area contributed by atoms with Gasteiger partial charge in [-0.05, 0) is 45.0 Å². The maximum atomic E-state index is 13.7. The van der Waals surface area contributed by atoms with Gasteiger partial charge < -0.3 is 14.4 Å². The number of likely N-dealkylation sites (tertiary alicyclic amines) is 1. The van der Waals surface area contributed by atoms with Gasteiger partial charge in [0.15, 0.2) is 5.78 Å². The number of carbonyl (C=O) groups is 3. The fourth-order valence-corrected chi connectivity index (χ4v) is 5.87. The zero-order chi connectivity index (χ0) is 27.9. The van der Waals surface area contributed by atoms with Crippen LogP contribution in [0.4, 0.5) is 9.80 Å². The zero-order valence-electron chi connectivity index (χ0n) is 22.2. The van der Waals surface area contributed by atoms with E-state index in [0.29, 0.717) is 53.4 Å². The van der Waals surface area contributed by atoms with Crippen LogP contribution in [-0.2, 0) is 11.8 Å². The van der Waals surface area contributed by atoms with E-state index in [2.05, 4.69) is 16.5 Å². The second kappa shape index (κ2) is 9.85. The second-order valence-corrected chi connectivity index (χ2v) is 11.9. The molecular weight excluding hydrogens is 518 g/mol. The number of hydrogen-bond acceptors (Lipinski definition) is 8. The minimum atomic E-state index is -0.692. The van der Waals surface area contributed by atoms with E-state index in [0.717, 1.165) is 10.4 Å². The highest BCUT2D eigenvalue weighted by molar-refractivity contribution is 7.20. The molecular formula is C28H29N5O5S. The molecule has 0 atom stereocenters. The highest BCUT2D eigenvalue weighted by Gasteiger charge is 2.44. The molecule has 202 valence electrons. The molecule has 0 radical (unpaired) electrons. The van der Waals surface area contributed by atoms with Gasteiger partial charge in [-0.25, -0.2) is 4.79 Å². The van der Waals surface area contributed by atoms with Crippen molar-refractivity contribution in [1.29, 1.82) is 5.26 Å². The minimum absolute atomic E-state index is 0.0593. The number of nitriles is 1. The van der Waals surface area contributed by atoms with Crippen molar-refractivity contribution in [2.24, 2.45) is 7.05 Å². The Labute approximate surface area is 230 Å². The number of rotatable bonds is 3. The molecule has 2 aromatic heterocycles. The summed E-state index contributed by atoms with van der Waals surface area (Å²) in [5.41, 5.74) is 0.665. The second-order valence-electron chi connectivity index (χ2n) is 10.9. The third kappa shape index (κ3) is 5.52. The Morgan fingerprint density at radius 2 is 1.97 bits per heavy atom. The van der Waals surface area contributed by atoms with Gasteiger partial charge >= 0.3 is 6.09 Å². The van der Waals surface area contributed by atoms with Crippen LogP contribution in [0.2, 0.25) is 0 Å². The van der Waals surface area contributed by atoms with Crippen LogP contribution >= 0.6 is 11.3 Å². The van der Waals surface area contributed by atoms with Crippen molar-refractivity contribution in [2.75, 3.05) is 18.4 Å². The molecule has 0 bridgehead atoms. The number of ketones is 1. The van der Waals surface area contributed by atoms with Crippen molar-refractivity contribution in [3.05, 3.63) is 53.3 Å². The van der Waals surface area contributed by atoms with E-state index in [1.165, 1.54) is 11.3 Å². The monoisotopic (exact) mass is 547 g/mol. The van der Waals surface area contributed by atoms with Gasteiger partial charge in [-0.1, -0.05) is 0 Å². The molecule has 11 heteroatoms. The molecule has 0 saturated carbocycles. The number of Topliss-reactive ketones (excluding diaryl/α,β-unsaturated/α-hetero) is 1. The Balaban J connectivity index is 1.35. The SMILES string of the molecule is Cn1cc(-c2cc(C(=O)N3CCC4(CC3)CC(=O)c3cc(C#N)ccc3O4)c(NC(=O)OC(C)(C)C)s2)cn1. The van der Waals surface area contributed by atoms with E-state index < -0.39 is 17.3 Å². The van der Waals surface area contributed by atoms with E-state index in [1.54, 1.807) is 60.8 Å². The summed E-state index contributed by atoms with van der Waals surface area (Å²) in [5, 5.41) is 16.5. The molecule has 2 aliphatic rings. The number of aromatic nitrogens is 2. The first-order chi connectivity index (χ1) is 18.4. The molecule has 1 N–H and O–H groups in total. The number of ether oxygens (including phenoxy) is 2. The summed E-state index contributed by atoms with van der Waals surface area (Å²) < 4.78 is 13.4. The first kappa shape index (κ1) is 26.4. The number of nitrogens with zero attached hydrogens (tertiary/aromatic N) is 4. The topological polar surface area (TPSA) is 127 Å². The van der Waals surface area contributed by atoms with Gasteiger partial charge in [0.2, 0.25) is 0 Å². The van der Waals surface area contributed by atoms with Crippen molar-refractivity contribution < 1.29 is 23.9 Å². The quantitative estimate of drug-likeness (QED) is 0.488. The molecule has 1 fully saturated rings. The maximum absolute atomic E-state index is 13.7. The van der Waals surface area contributed by atoms with Crippen LogP contribution < -0.4 is 10.1 Å². The molecule has 2 amide bonds. The lowest BCUT2D eigenvalue weighted by atomic mass is 9.82. The summed E-state index contributed by atoms with van der Waals surface area (Å²) in [7, 11) is 1.81. The summed E-state index contributed by atoms with van der Waals surface area (Å²) in [6.07, 6.45) is 4.08. The zero-order valence-corrected chi connectivity index (χ0v) is 23.1. The molecule has 5 rings (SSSR count). The molecule has 1 saturated heterocycles. The summed E-state index contributed by atoms with van der Waals surface area (Å²) in [6.45, 7) is 6.10. The number of amides is 2. The van der Waals surface area contributed by atoms with Gasteiger partial charge in [0, 0.05) is 49.6 Å². The van der Waals surface area contributed by atoms with Crippen LogP contribution in [-0.4, -0.2) is 56.8 Å². The summed E-state index contributed by atoms with van der Waals surface area (Å²) >= 11 is 1.28. The van der Waals surface area contributed by atoms with Crippen molar-refractivity contribution in [3.63, 3.8) is 0 Å². The van der Waals surface area contributed by atoms with E-state index in [9.17, 15) is 14.4 Å². The van der Waals surface area contributed by atoms with Gasteiger partial charge in [0.25, 0.3) is 5.91 Å². The standard InChI is InChI=1S/C28H29N5O5S/c1-27(2,3)38-26(36)31-24-20(12-23(39-24)18-15-30-32(4)16-18)25(35)33-9-7-28(8-10-33)13-21(34)19-11-17(14-29)5-6-22(19)37-28/h5-6,11-12,15-16H,7-10,13H2,1-4H3,(H,31,36). The van der Waals surface area contributed by atoms with E-state index in [4.69, 9.17) is 14.7 Å². The Bertz CT molecular complexity index is 1500. The normalized spacial score (nSPS) is 16.3. The smallest absolute Gasteiger partial charge is 0.412 e. The van der Waals surface area contributed by atoms with Crippen molar-refractivity contribution in [3.8, 4) is 22.3 Å². The Morgan fingerprint density at radius 3 is 2.62 bits per heavy atom. The lowest BCUT2D eigenvalue weighted by Crippen LogP contribution is -2.52. The van der Waals surface area contributed by atoms with Crippen molar-refractivity contribution in [2.45, 2.75) is 51.2 Å². The van der Waals surface area contributed by atoms with E-state index in [1.807, 2.05) is 13.2 Å². The van der Waals surface area contributed by atoms with Gasteiger partial charge in [-0.3, -0.25) is 19.6 Å². The summed E-state index contributed by atoms with van der Waals surface area (Å²) in [4.78, 5) is 41.7. The average Bonchev–Trinajstić information content (AvgIpc) is 3.49. The Morgan fingerprint density at radius 1 is 1.23 bits per heavy atom. The molecule has 1 spiro atoms. The van der Waals surface area contributed by atoms with Gasteiger partial charge in [0.05, 0.1) is 35.4 Å². The predicted molar refractivity (Wildman–Crippen MR) is 145 cm³/mol. The number of fused-ring (bicyclic) bond motifs is 1. The van der Waals surface area contributed by atoms with Crippen LogP contribution in [0.15, 0.2) is 36.7 Å². The number of thiophene rings is 1. The lowest BCUT2D eigenvalue weighted by molar-refractivity contribution is -0.00568. The predicted octanol–water partition coefficient (Wildman–Crippen LogP) is 5.01. The molecule has 39 heavy (non-hydrogen) atoms. The third-order valence-electron chi connectivity index (χ3n) is 6.75. The van der Waals surface area contributed by atoms with E-state index in [-0.39, 0.29) is 18.1 Å². The molecule has 0 aliphatic carbocycles. The van der Waals surface area contributed by atoms with E-state index >= 15 is 0 Å². The fourth-order valence-electron chi connectivity index (χ4n) is 4.86. The Hall–Kier alpha value is -4.17. The number of benzene rings is 1. The molecule has 0 unspecified atom stereocenters. The third-order valence-corrected chi connectivity index (χ3v) is 7.85. The lowest BCUT2D eigenvalue weighted by Gasteiger charge is -2.44. The molecule has 1 aromatic carbocycles. The highest BCUT2D eigenvalue weighted by Crippen LogP contribution is 2.41. The molecule has 2 aliphatic heterocycles. The highest BCUT2D eigenvalue weighted by atomic mass is 32.1. The van der Waals surface area contributed by atoms with Crippen LogP contribution in [0.25, 0.3) is 10.4 Å². The number of hydrogen-bond donors (Lipinski definition) is 1. The number of piperidine rings is 1. The van der Waals surface area contributed by atoms with Crippen LogP contribution in [0, 0.1) is 11.3 Å². The first-order valence-electron chi connectivity index (χ1n) is 12.6. The largest absolute Gasteiger partial charge is 0.486 e. The number of nitrogens with one attached hydrogen (secondary N) is 1. The summed E-state index contributed by atoms with van der Waals surface area (Å²) in [6, 6.07) is 8.70. The number of carbonyl (C=O) groups excluding carboxylic acids is 3. The Kier molecular flexibility index (Phi) is 6.68. The van der Waals surface area contributed by atoms with Crippen LogP contribution in [0.5, 0.6) is 5.75 Å². The van der Waals surface area contributed by atoms with Gasteiger partial charge in [0.1, 0.15) is 22.0 Å². The van der Waals surface area contributed by atoms with Crippen LogP contribution in [0.1, 0.15) is 66.3 Å². The fraction of sp³-hybridized carbons (Fsp3) is 0.393. The molecule has 3 aromatic rings. The van der Waals surface area contributed by atoms with Crippen LogP contribution in [0.3, 0.4) is 0 Å². The number of anilines is 1. The van der Waals surface area contributed by atoms with Gasteiger partial charge in [-0.15, -0.1) is 11.3 Å². The summed E-state index contributed by atoms with van der Waals surface area (Å²) in [5.74, 6) is 0.201. The average molecular weight is 548 g/mol. The molecule has 4 heterocycles. The van der Waals surface area contributed by atoms with Crippen molar-refractivity contribution >= 4 is 34.1 Å². The number of aryl methyl sites for hydroxylation is 1. The van der Waals surface area contributed by atoms with Gasteiger partial charge in [-0.2, -0.15) is 10.4 Å².